The van der Waals surface area contributed by atoms with Crippen molar-refractivity contribution in [1.82, 2.24) is 0 Å². The van der Waals surface area contributed by atoms with Crippen LogP contribution in [-0.2, 0) is 20.2 Å². The minimum Gasteiger partial charge on any atom is -0.501 e. The molecule has 0 atom stereocenters. The van der Waals surface area contributed by atoms with Crippen LogP contribution in [0, 0.1) is 10.8 Å². The van der Waals surface area contributed by atoms with Crippen molar-refractivity contribution < 1.29 is 45.0 Å². The van der Waals surface area contributed by atoms with Crippen LogP contribution in [0.15, 0.2) is 119 Å². The Balaban J connectivity index is 1.18. The van der Waals surface area contributed by atoms with Gasteiger partial charge in [-0.15, -0.1) is 0 Å². The SMILES string of the molecule is N#[N+]c1cc(S(=O)(=O)Oc2ccc(C(=O)C(=O)c3ccc(OS(=O)(=O)c4cc([N+]#N)c(O)c5ccccc45)cc3)cc2)c2ccccc2c1O. The number of carbonyl (C=O) groups excluding carboxylic acids is 2. The van der Waals surface area contributed by atoms with Crippen LogP contribution in [0.5, 0.6) is 23.0 Å². The maximum absolute atomic E-state index is 13.2. The zero-order chi connectivity index (χ0) is 35.8. The number of Topliss-reactive ketones (excluding diaryl/α,β-unsaturated/α-hetero) is 2. The molecule has 246 valence electrons. The molecule has 0 unspecified atom stereocenters. The van der Waals surface area contributed by atoms with Crippen LogP contribution in [0.1, 0.15) is 20.7 Å². The summed E-state index contributed by atoms with van der Waals surface area (Å²) in [6.07, 6.45) is 0. The highest BCUT2D eigenvalue weighted by Crippen LogP contribution is 2.41. The summed E-state index contributed by atoms with van der Waals surface area (Å²) >= 11 is 0. The first-order valence-electron chi connectivity index (χ1n) is 14.2. The number of diazo groups is 2. The van der Waals surface area contributed by atoms with Gasteiger partial charge < -0.3 is 18.6 Å². The molecule has 0 aliphatic rings. The minimum atomic E-state index is -4.55. The van der Waals surface area contributed by atoms with E-state index in [-0.39, 0.29) is 44.2 Å². The fourth-order valence-electron chi connectivity index (χ4n) is 5.12. The van der Waals surface area contributed by atoms with Crippen LogP contribution in [0.3, 0.4) is 0 Å². The van der Waals surface area contributed by atoms with Gasteiger partial charge in [-0.3, -0.25) is 9.59 Å². The molecule has 0 radical (unpaired) electrons. The average Bonchev–Trinajstić information content (AvgIpc) is 3.11. The predicted molar refractivity (Wildman–Crippen MR) is 178 cm³/mol. The number of benzene rings is 6. The molecule has 0 spiro atoms. The number of aromatic hydroxyl groups is 2. The summed E-state index contributed by atoms with van der Waals surface area (Å²) in [5.41, 5.74) is -1.01. The summed E-state index contributed by atoms with van der Waals surface area (Å²) < 4.78 is 63.2. The quantitative estimate of drug-likeness (QED) is 0.0673. The predicted octanol–water partition coefficient (Wildman–Crippen LogP) is 6.97. The fourth-order valence-corrected chi connectivity index (χ4v) is 7.44. The van der Waals surface area contributed by atoms with Gasteiger partial charge in [-0.25, -0.2) is 0 Å². The number of hydrogen-bond donors (Lipinski definition) is 2. The second kappa shape index (κ2) is 12.6. The summed E-state index contributed by atoms with van der Waals surface area (Å²) in [5, 5.41) is 39.5. The van der Waals surface area contributed by atoms with Crippen molar-refractivity contribution in [2.75, 3.05) is 0 Å². The second-order valence-electron chi connectivity index (χ2n) is 10.6. The Hall–Kier alpha value is -6.88. The van der Waals surface area contributed by atoms with Gasteiger partial charge in [-0.05, 0) is 48.5 Å². The Labute approximate surface area is 282 Å². The van der Waals surface area contributed by atoms with Crippen molar-refractivity contribution in [2.45, 2.75) is 9.79 Å². The van der Waals surface area contributed by atoms with Crippen LogP contribution in [0.4, 0.5) is 11.4 Å². The van der Waals surface area contributed by atoms with Gasteiger partial charge in [0.15, 0.2) is 9.95 Å². The maximum Gasteiger partial charge on any atom is 0.428 e. The van der Waals surface area contributed by atoms with E-state index in [4.69, 9.17) is 8.37 Å². The Morgan fingerprint density at radius 3 is 1.16 bits per heavy atom. The van der Waals surface area contributed by atoms with Crippen LogP contribution in [0.2, 0.25) is 0 Å². The first-order chi connectivity index (χ1) is 23.8. The molecule has 2 N–H and O–H groups in total. The molecule has 0 saturated heterocycles. The smallest absolute Gasteiger partial charge is 0.428 e. The summed E-state index contributed by atoms with van der Waals surface area (Å²) in [5.74, 6) is -3.21. The van der Waals surface area contributed by atoms with Crippen LogP contribution in [-0.4, -0.2) is 38.6 Å². The molecule has 6 rings (SSSR count). The first-order valence-corrected chi connectivity index (χ1v) is 17.0. The normalized spacial score (nSPS) is 11.4. The topological polar surface area (TPSA) is 218 Å². The van der Waals surface area contributed by atoms with Gasteiger partial charge in [-0.1, -0.05) is 48.5 Å². The van der Waals surface area contributed by atoms with E-state index < -0.39 is 64.5 Å². The zero-order valence-electron chi connectivity index (χ0n) is 25.2. The molecule has 14 nitrogen and oxygen atoms in total. The van der Waals surface area contributed by atoms with Crippen molar-refractivity contribution in [3.8, 4) is 23.0 Å². The van der Waals surface area contributed by atoms with E-state index in [1.165, 1.54) is 48.5 Å². The van der Waals surface area contributed by atoms with Gasteiger partial charge in [-0.2, -0.15) is 16.8 Å². The summed E-state index contributed by atoms with van der Waals surface area (Å²) in [7, 11) is -9.10. The molecule has 0 bridgehead atoms. The number of ketones is 2. The zero-order valence-corrected chi connectivity index (χ0v) is 26.8. The monoisotopic (exact) mass is 708 g/mol. The van der Waals surface area contributed by atoms with Gasteiger partial charge in [0.05, 0.1) is 12.1 Å². The molecule has 0 fully saturated rings. The summed E-state index contributed by atoms with van der Waals surface area (Å²) in [6, 6.07) is 23.1. The van der Waals surface area contributed by atoms with Gasteiger partial charge in [0.25, 0.3) is 0 Å². The highest BCUT2D eigenvalue weighted by molar-refractivity contribution is 7.87. The second-order valence-corrected chi connectivity index (χ2v) is 13.6. The number of phenols is 2. The molecule has 0 aliphatic heterocycles. The lowest BCUT2D eigenvalue weighted by molar-refractivity contribution is 0.0817. The van der Waals surface area contributed by atoms with E-state index in [0.29, 0.717) is 0 Å². The highest BCUT2D eigenvalue weighted by Gasteiger charge is 2.30. The van der Waals surface area contributed by atoms with E-state index >= 15 is 0 Å². The van der Waals surface area contributed by atoms with E-state index in [1.54, 1.807) is 24.3 Å². The molecule has 6 aromatic carbocycles. The summed E-state index contributed by atoms with van der Waals surface area (Å²) in [6.45, 7) is 0. The van der Waals surface area contributed by atoms with Crippen molar-refractivity contribution in [3.63, 3.8) is 0 Å². The third-order valence-electron chi connectivity index (χ3n) is 7.52. The Kier molecular flexibility index (Phi) is 8.34. The lowest BCUT2D eigenvalue weighted by Gasteiger charge is -2.10. The van der Waals surface area contributed by atoms with E-state index in [2.05, 4.69) is 9.95 Å². The van der Waals surface area contributed by atoms with Gasteiger partial charge in [0.1, 0.15) is 21.3 Å². The Morgan fingerprint density at radius 1 is 0.520 bits per heavy atom. The molecule has 0 saturated carbocycles. The molecule has 16 heteroatoms. The highest BCUT2D eigenvalue weighted by atomic mass is 32.2. The fraction of sp³-hybridized carbons (Fsp3) is 0. The molecule has 50 heavy (non-hydrogen) atoms. The third-order valence-corrected chi connectivity index (χ3v) is 10.1. The summed E-state index contributed by atoms with van der Waals surface area (Å²) in [4.78, 5) is 31.0. The van der Waals surface area contributed by atoms with E-state index in [9.17, 15) is 47.4 Å². The van der Waals surface area contributed by atoms with E-state index in [1.807, 2.05) is 0 Å². The number of rotatable bonds is 9. The largest absolute Gasteiger partial charge is 0.501 e. The molecule has 0 heterocycles. The van der Waals surface area contributed by atoms with Crippen molar-refractivity contribution in [3.05, 3.63) is 130 Å². The van der Waals surface area contributed by atoms with Crippen LogP contribution < -0.4 is 8.37 Å². The average molecular weight is 709 g/mol. The van der Waals surface area contributed by atoms with Gasteiger partial charge >= 0.3 is 31.6 Å². The van der Waals surface area contributed by atoms with Crippen molar-refractivity contribution >= 4 is 64.7 Å². The third kappa shape index (κ3) is 5.99. The Bertz CT molecular complexity index is 2510. The number of carbonyl (C=O) groups is 2. The number of fused-ring (bicyclic) bond motifs is 2. The van der Waals surface area contributed by atoms with Gasteiger partial charge in [0, 0.05) is 32.7 Å². The van der Waals surface area contributed by atoms with Crippen LogP contribution >= 0.6 is 0 Å². The Morgan fingerprint density at radius 2 is 0.840 bits per heavy atom. The first kappa shape index (κ1) is 33.0. The number of nitrogens with zero attached hydrogens (tertiary/aromatic N) is 4. The molecule has 0 aliphatic carbocycles. The van der Waals surface area contributed by atoms with Crippen molar-refractivity contribution in [1.29, 1.82) is 10.8 Å². The molecule has 6 aromatic rings. The standard InChI is InChI=1S/C34H18N4O10S2/c35-37-27-17-29(23-5-1-3-7-25(23)33(27)41)49(43,44)47-21-13-9-19(10-14-21)31(39)32(40)20-11-15-22(16-12-20)48-50(45,46)30-18-28(38-36)34(42)26-8-4-2-6-24(26)30/h1-18H/p+2. The minimum absolute atomic E-state index is 0.101. The lowest BCUT2D eigenvalue weighted by atomic mass is 10.0. The molecular weight excluding hydrogens is 689 g/mol. The maximum atomic E-state index is 13.2. The van der Waals surface area contributed by atoms with E-state index in [0.717, 1.165) is 36.4 Å². The molecule has 0 aromatic heterocycles. The number of phenolic OH excluding ortho intramolecular Hbond substituents is 2. The van der Waals surface area contributed by atoms with Crippen molar-refractivity contribution in [2.24, 2.45) is 0 Å². The number of hydrogen-bond acceptors (Lipinski definition) is 12. The lowest BCUT2D eigenvalue weighted by Crippen LogP contribution is -2.15. The van der Waals surface area contributed by atoms with Crippen LogP contribution in [0.25, 0.3) is 31.5 Å². The molecular formula is C34H20N4O10S2+2. The molecule has 0 amide bonds. The van der Waals surface area contributed by atoms with Gasteiger partial charge in [0.2, 0.25) is 33.9 Å².